The molecule has 3 nitrogen and oxygen atoms in total. The van der Waals surface area contributed by atoms with E-state index in [-0.39, 0.29) is 11.4 Å². The average Bonchev–Trinajstić information content (AvgIpc) is 2.03. The molecule has 0 fully saturated rings. The second kappa shape index (κ2) is 3.85. The molecular formula is C8H14N2OS. The van der Waals surface area contributed by atoms with Crippen LogP contribution in [-0.2, 0) is 4.79 Å². The summed E-state index contributed by atoms with van der Waals surface area (Å²) in [6, 6.07) is 0.416. The van der Waals surface area contributed by atoms with Gasteiger partial charge in [0.2, 0.25) is 5.91 Å². The zero-order valence-electron chi connectivity index (χ0n) is 7.57. The van der Waals surface area contributed by atoms with Crippen molar-refractivity contribution < 1.29 is 4.79 Å². The summed E-state index contributed by atoms with van der Waals surface area (Å²) in [4.78, 5) is 13.1. The summed E-state index contributed by atoms with van der Waals surface area (Å²) in [6.07, 6.45) is 5.40. The van der Waals surface area contributed by atoms with E-state index in [0.717, 1.165) is 0 Å². The van der Waals surface area contributed by atoms with Gasteiger partial charge in [0.05, 0.1) is 0 Å². The number of carbonyl (C=O) groups excluding carboxylic acids is 1. The Balaban J connectivity index is 2.71. The topological polar surface area (TPSA) is 32.3 Å². The van der Waals surface area contributed by atoms with Crippen LogP contribution in [-0.4, -0.2) is 28.6 Å². The van der Waals surface area contributed by atoms with Crippen molar-refractivity contribution >= 4 is 17.7 Å². The van der Waals surface area contributed by atoms with E-state index < -0.39 is 0 Å². The maximum Gasteiger partial charge on any atom is 0.247 e. The first-order valence-electron chi connectivity index (χ1n) is 3.94. The first-order valence-corrected chi connectivity index (χ1v) is 5.23. The maximum atomic E-state index is 11.0. The Morgan fingerprint density at radius 3 is 2.83 bits per heavy atom. The van der Waals surface area contributed by atoms with Gasteiger partial charge in [-0.2, -0.15) is 0 Å². The molecule has 1 rings (SSSR count). The molecule has 1 aliphatic heterocycles. The second-order valence-electron chi connectivity index (χ2n) is 2.95. The van der Waals surface area contributed by atoms with E-state index in [9.17, 15) is 4.79 Å². The van der Waals surface area contributed by atoms with Crippen LogP contribution >= 0.6 is 11.8 Å². The van der Waals surface area contributed by atoms with Gasteiger partial charge in [-0.05, 0) is 20.1 Å². The van der Waals surface area contributed by atoms with E-state index in [0.29, 0.717) is 6.04 Å². The van der Waals surface area contributed by atoms with Gasteiger partial charge in [0, 0.05) is 18.3 Å². The van der Waals surface area contributed by atoms with Crippen LogP contribution in [0.5, 0.6) is 0 Å². The van der Waals surface area contributed by atoms with E-state index in [4.69, 9.17) is 0 Å². The van der Waals surface area contributed by atoms with Crippen LogP contribution in [0.25, 0.3) is 0 Å². The fourth-order valence-electron chi connectivity index (χ4n) is 1.10. The lowest BCUT2D eigenvalue weighted by molar-refractivity contribution is -0.118. The average molecular weight is 186 g/mol. The lowest BCUT2D eigenvalue weighted by atomic mass is 10.3. The van der Waals surface area contributed by atoms with E-state index in [1.54, 1.807) is 17.8 Å². The summed E-state index contributed by atoms with van der Waals surface area (Å²) in [5.74, 6) is -0.00810. The summed E-state index contributed by atoms with van der Waals surface area (Å²) >= 11 is 1.63. The second-order valence-corrected chi connectivity index (χ2v) is 3.87. The Morgan fingerprint density at radius 1 is 1.67 bits per heavy atom. The molecule has 4 heteroatoms. The molecule has 0 aromatic carbocycles. The number of amides is 1. The Morgan fingerprint density at radius 2 is 2.33 bits per heavy atom. The zero-order valence-corrected chi connectivity index (χ0v) is 8.39. The molecule has 0 spiro atoms. The van der Waals surface area contributed by atoms with Crippen molar-refractivity contribution in [2.24, 2.45) is 0 Å². The first kappa shape index (κ1) is 9.45. The first-order chi connectivity index (χ1) is 5.65. The Hall–Kier alpha value is -0.640. The largest absolute Gasteiger partial charge is 0.347 e. The molecule has 0 bridgehead atoms. The normalized spacial score (nSPS) is 23.2. The Kier molecular flexibility index (Phi) is 3.03. The molecule has 0 saturated carbocycles. The molecule has 1 heterocycles. The van der Waals surface area contributed by atoms with E-state index >= 15 is 0 Å². The highest BCUT2D eigenvalue weighted by atomic mass is 32.2. The third kappa shape index (κ3) is 1.94. The van der Waals surface area contributed by atoms with Crippen LogP contribution in [0.4, 0.5) is 0 Å². The molecule has 0 aliphatic carbocycles. The standard InChI is InChI=1S/C8H14N2OS/c1-6(2)10-5-4-7(11)9-8(10)12-3/h4-6,8H,1-3H3,(H,9,11). The predicted molar refractivity (Wildman–Crippen MR) is 51.6 cm³/mol. The van der Waals surface area contributed by atoms with E-state index in [2.05, 4.69) is 24.1 Å². The number of nitrogens with zero attached hydrogens (tertiary/aromatic N) is 1. The third-order valence-electron chi connectivity index (χ3n) is 1.75. The summed E-state index contributed by atoms with van der Waals surface area (Å²) in [5, 5.41) is 2.86. The van der Waals surface area contributed by atoms with Crippen molar-refractivity contribution in [3.8, 4) is 0 Å². The molecule has 1 amide bonds. The highest BCUT2D eigenvalue weighted by Crippen LogP contribution is 2.16. The molecule has 0 aromatic heterocycles. The lowest BCUT2D eigenvalue weighted by Crippen LogP contribution is -2.48. The molecule has 12 heavy (non-hydrogen) atoms. The molecule has 68 valence electrons. The molecule has 0 aromatic rings. The van der Waals surface area contributed by atoms with Crippen LogP contribution in [0, 0.1) is 0 Å². The molecule has 1 N–H and O–H groups in total. The van der Waals surface area contributed by atoms with Gasteiger partial charge < -0.3 is 10.2 Å². The van der Waals surface area contributed by atoms with Gasteiger partial charge in [-0.15, -0.1) is 11.8 Å². The van der Waals surface area contributed by atoms with Crippen molar-refractivity contribution in [2.45, 2.75) is 25.4 Å². The van der Waals surface area contributed by atoms with Crippen molar-refractivity contribution in [1.82, 2.24) is 10.2 Å². The van der Waals surface area contributed by atoms with Crippen molar-refractivity contribution in [3.63, 3.8) is 0 Å². The Bertz CT molecular complexity index is 203. The van der Waals surface area contributed by atoms with Crippen LogP contribution in [0.3, 0.4) is 0 Å². The summed E-state index contributed by atoms with van der Waals surface area (Å²) in [6.45, 7) is 4.20. The van der Waals surface area contributed by atoms with Gasteiger partial charge in [0.25, 0.3) is 0 Å². The number of hydrogen-bond donors (Lipinski definition) is 1. The van der Waals surface area contributed by atoms with E-state index in [1.165, 1.54) is 0 Å². The van der Waals surface area contributed by atoms with Gasteiger partial charge in [-0.3, -0.25) is 4.79 Å². The predicted octanol–water partition coefficient (Wildman–Crippen LogP) is 0.987. The molecule has 1 unspecified atom stereocenters. The summed E-state index contributed by atoms with van der Waals surface area (Å²) < 4.78 is 0. The lowest BCUT2D eigenvalue weighted by Gasteiger charge is -2.35. The van der Waals surface area contributed by atoms with Crippen LogP contribution < -0.4 is 5.32 Å². The SMILES string of the molecule is CSC1NC(=O)C=CN1C(C)C. The van der Waals surface area contributed by atoms with Gasteiger partial charge in [0.15, 0.2) is 0 Å². The summed E-state index contributed by atoms with van der Waals surface area (Å²) in [7, 11) is 0. The van der Waals surface area contributed by atoms with Crippen molar-refractivity contribution in [3.05, 3.63) is 12.3 Å². The molecular weight excluding hydrogens is 172 g/mol. The minimum Gasteiger partial charge on any atom is -0.347 e. The third-order valence-corrected chi connectivity index (χ3v) is 2.56. The van der Waals surface area contributed by atoms with Gasteiger partial charge >= 0.3 is 0 Å². The number of nitrogens with one attached hydrogen (secondary N) is 1. The molecule has 0 radical (unpaired) electrons. The van der Waals surface area contributed by atoms with Crippen LogP contribution in [0.1, 0.15) is 13.8 Å². The minimum atomic E-state index is -0.00810. The smallest absolute Gasteiger partial charge is 0.247 e. The van der Waals surface area contributed by atoms with Gasteiger partial charge in [-0.1, -0.05) is 0 Å². The van der Waals surface area contributed by atoms with Crippen molar-refractivity contribution in [2.75, 3.05) is 6.26 Å². The fraction of sp³-hybridized carbons (Fsp3) is 0.625. The number of thioether (sulfide) groups is 1. The number of rotatable bonds is 2. The molecule has 0 saturated heterocycles. The number of hydrogen-bond acceptors (Lipinski definition) is 3. The number of carbonyl (C=O) groups is 1. The highest BCUT2D eigenvalue weighted by molar-refractivity contribution is 7.99. The van der Waals surface area contributed by atoms with Crippen LogP contribution in [0.2, 0.25) is 0 Å². The molecule has 1 atom stereocenters. The fourth-order valence-corrected chi connectivity index (χ4v) is 1.89. The molecule has 1 aliphatic rings. The quantitative estimate of drug-likeness (QED) is 0.698. The Labute approximate surface area is 77.2 Å². The van der Waals surface area contributed by atoms with Crippen molar-refractivity contribution in [1.29, 1.82) is 0 Å². The highest BCUT2D eigenvalue weighted by Gasteiger charge is 2.21. The zero-order chi connectivity index (χ0) is 9.14. The summed E-state index contributed by atoms with van der Waals surface area (Å²) in [5.41, 5.74) is 0.0856. The monoisotopic (exact) mass is 186 g/mol. The van der Waals surface area contributed by atoms with Crippen LogP contribution in [0.15, 0.2) is 12.3 Å². The maximum absolute atomic E-state index is 11.0. The van der Waals surface area contributed by atoms with Gasteiger partial charge in [0.1, 0.15) is 5.50 Å². The van der Waals surface area contributed by atoms with Gasteiger partial charge in [-0.25, -0.2) is 0 Å². The minimum absolute atomic E-state index is 0.00810. The van der Waals surface area contributed by atoms with E-state index in [1.807, 2.05) is 12.5 Å².